The van der Waals surface area contributed by atoms with Gasteiger partial charge in [0.2, 0.25) is 10.0 Å². The van der Waals surface area contributed by atoms with Crippen molar-refractivity contribution in [1.82, 2.24) is 4.31 Å². The number of rotatable bonds is 3. The molecule has 0 spiro atoms. The Morgan fingerprint density at radius 1 is 1.40 bits per heavy atom. The third kappa shape index (κ3) is 2.75. The van der Waals surface area contributed by atoms with Crippen molar-refractivity contribution in [2.75, 3.05) is 25.1 Å². The van der Waals surface area contributed by atoms with E-state index in [0.29, 0.717) is 18.0 Å². The molecule has 1 aliphatic heterocycles. The molecular formula is C13H20N2O3S2. The summed E-state index contributed by atoms with van der Waals surface area (Å²) in [6.07, 6.45) is 0. The van der Waals surface area contributed by atoms with E-state index in [-0.39, 0.29) is 16.2 Å². The van der Waals surface area contributed by atoms with Gasteiger partial charge in [-0.3, -0.25) is 0 Å². The molecule has 1 aromatic rings. The smallest absolute Gasteiger partial charge is 0.247 e. The standard InChI is InChI=1S/C13H20N2O3S2/c1-9-10(2)19-7-6-15(9)20(16,17)13-8-11(14)4-5-12(13)18-3/h4-5,8-10H,6-7,14H2,1-3H3. The summed E-state index contributed by atoms with van der Waals surface area (Å²) < 4.78 is 32.4. The summed E-state index contributed by atoms with van der Waals surface area (Å²) >= 11 is 1.79. The molecule has 2 rings (SSSR count). The highest BCUT2D eigenvalue weighted by Gasteiger charge is 2.36. The minimum absolute atomic E-state index is 0.0510. The summed E-state index contributed by atoms with van der Waals surface area (Å²) in [4.78, 5) is 0.144. The molecule has 0 radical (unpaired) electrons. The molecule has 0 amide bonds. The minimum atomic E-state index is -3.59. The van der Waals surface area contributed by atoms with Crippen molar-refractivity contribution in [3.63, 3.8) is 0 Å². The summed E-state index contributed by atoms with van der Waals surface area (Å²) in [5, 5.41) is 0.269. The second-order valence-electron chi connectivity index (χ2n) is 4.84. The molecule has 1 aromatic carbocycles. The van der Waals surface area contributed by atoms with Gasteiger partial charge >= 0.3 is 0 Å². The number of hydrogen-bond acceptors (Lipinski definition) is 5. The van der Waals surface area contributed by atoms with Gasteiger partial charge in [-0.05, 0) is 25.1 Å². The van der Waals surface area contributed by atoms with E-state index in [2.05, 4.69) is 0 Å². The number of methoxy groups -OCH3 is 1. The summed E-state index contributed by atoms with van der Waals surface area (Å²) in [5.41, 5.74) is 6.14. The molecule has 2 N–H and O–H groups in total. The van der Waals surface area contributed by atoms with Crippen LogP contribution >= 0.6 is 11.8 Å². The van der Waals surface area contributed by atoms with E-state index in [4.69, 9.17) is 10.5 Å². The largest absolute Gasteiger partial charge is 0.495 e. The van der Waals surface area contributed by atoms with Crippen LogP contribution < -0.4 is 10.5 Å². The van der Waals surface area contributed by atoms with Crippen molar-refractivity contribution in [2.24, 2.45) is 0 Å². The highest BCUT2D eigenvalue weighted by atomic mass is 32.2. The quantitative estimate of drug-likeness (QED) is 0.861. The van der Waals surface area contributed by atoms with Crippen LogP contribution in [0, 0.1) is 0 Å². The van der Waals surface area contributed by atoms with E-state index >= 15 is 0 Å². The van der Waals surface area contributed by atoms with Gasteiger partial charge in [-0.25, -0.2) is 8.42 Å². The van der Waals surface area contributed by atoms with Crippen LogP contribution in [-0.2, 0) is 10.0 Å². The first-order valence-corrected chi connectivity index (χ1v) is 8.93. The third-order valence-corrected chi connectivity index (χ3v) is 6.95. The normalized spacial score (nSPS) is 24.6. The molecule has 112 valence electrons. The molecule has 0 bridgehead atoms. The van der Waals surface area contributed by atoms with Gasteiger partial charge in [-0.15, -0.1) is 0 Å². The van der Waals surface area contributed by atoms with E-state index in [1.54, 1.807) is 28.2 Å². The van der Waals surface area contributed by atoms with E-state index in [9.17, 15) is 8.42 Å². The van der Waals surface area contributed by atoms with E-state index in [1.165, 1.54) is 13.2 Å². The Morgan fingerprint density at radius 2 is 2.10 bits per heavy atom. The van der Waals surface area contributed by atoms with Crippen LogP contribution in [0.25, 0.3) is 0 Å². The maximum atomic E-state index is 12.9. The molecule has 0 saturated carbocycles. The molecule has 1 aliphatic rings. The molecule has 1 saturated heterocycles. The van der Waals surface area contributed by atoms with Gasteiger partial charge < -0.3 is 10.5 Å². The minimum Gasteiger partial charge on any atom is -0.495 e. The molecule has 5 nitrogen and oxygen atoms in total. The lowest BCUT2D eigenvalue weighted by atomic mass is 10.2. The van der Waals surface area contributed by atoms with E-state index < -0.39 is 10.0 Å². The van der Waals surface area contributed by atoms with Gasteiger partial charge in [0.05, 0.1) is 7.11 Å². The molecule has 1 heterocycles. The fourth-order valence-electron chi connectivity index (χ4n) is 2.27. The molecule has 2 atom stereocenters. The van der Waals surface area contributed by atoms with E-state index in [1.807, 2.05) is 13.8 Å². The van der Waals surface area contributed by atoms with Crippen molar-refractivity contribution in [2.45, 2.75) is 30.0 Å². The first kappa shape index (κ1) is 15.5. The number of nitrogen functional groups attached to an aromatic ring is 1. The molecule has 0 aromatic heterocycles. The lowest BCUT2D eigenvalue weighted by molar-refractivity contribution is 0.336. The Labute approximate surface area is 124 Å². The summed E-state index contributed by atoms with van der Waals surface area (Å²) in [7, 11) is -2.13. The van der Waals surface area contributed by atoms with Crippen LogP contribution in [0.4, 0.5) is 5.69 Å². The lowest BCUT2D eigenvalue weighted by Gasteiger charge is -2.36. The maximum Gasteiger partial charge on any atom is 0.247 e. The predicted molar refractivity (Wildman–Crippen MR) is 82.7 cm³/mol. The molecule has 0 aliphatic carbocycles. The fourth-order valence-corrected chi connectivity index (χ4v) is 5.45. The second kappa shape index (κ2) is 5.83. The molecular weight excluding hydrogens is 296 g/mol. The fraction of sp³-hybridized carbons (Fsp3) is 0.538. The number of anilines is 1. The number of benzene rings is 1. The zero-order valence-corrected chi connectivity index (χ0v) is 13.5. The lowest BCUT2D eigenvalue weighted by Crippen LogP contribution is -2.47. The number of nitrogens with zero attached hydrogens (tertiary/aromatic N) is 1. The number of nitrogens with two attached hydrogens (primary N) is 1. The topological polar surface area (TPSA) is 72.6 Å². The van der Waals surface area contributed by atoms with Crippen molar-refractivity contribution in [3.8, 4) is 5.75 Å². The maximum absolute atomic E-state index is 12.9. The Hall–Kier alpha value is -0.920. The number of sulfonamides is 1. The van der Waals surface area contributed by atoms with Crippen LogP contribution in [0.15, 0.2) is 23.1 Å². The summed E-state index contributed by atoms with van der Waals surface area (Å²) in [6, 6.07) is 4.64. The van der Waals surface area contributed by atoms with Gasteiger partial charge in [-0.2, -0.15) is 16.1 Å². The highest BCUT2D eigenvalue weighted by Crippen LogP contribution is 2.33. The van der Waals surface area contributed by atoms with Crippen LogP contribution in [0.3, 0.4) is 0 Å². The van der Waals surface area contributed by atoms with Crippen LogP contribution in [0.1, 0.15) is 13.8 Å². The third-order valence-electron chi connectivity index (χ3n) is 3.60. The molecule has 20 heavy (non-hydrogen) atoms. The van der Waals surface area contributed by atoms with E-state index in [0.717, 1.165) is 5.75 Å². The van der Waals surface area contributed by atoms with Gasteiger partial charge in [-0.1, -0.05) is 6.92 Å². The van der Waals surface area contributed by atoms with Crippen LogP contribution in [0.5, 0.6) is 5.75 Å². The second-order valence-corrected chi connectivity index (χ2v) is 8.19. The number of hydrogen-bond donors (Lipinski definition) is 1. The van der Waals surface area contributed by atoms with Crippen molar-refractivity contribution in [1.29, 1.82) is 0 Å². The Morgan fingerprint density at radius 3 is 2.75 bits per heavy atom. The zero-order chi connectivity index (χ0) is 14.9. The monoisotopic (exact) mass is 316 g/mol. The van der Waals surface area contributed by atoms with Gasteiger partial charge in [0.1, 0.15) is 10.6 Å². The molecule has 2 unspecified atom stereocenters. The first-order valence-electron chi connectivity index (χ1n) is 6.45. The number of ether oxygens (including phenoxy) is 1. The first-order chi connectivity index (χ1) is 9.37. The Kier molecular flexibility index (Phi) is 4.51. The Bertz CT molecular complexity index is 589. The van der Waals surface area contributed by atoms with Crippen LogP contribution in [0.2, 0.25) is 0 Å². The Balaban J connectivity index is 2.47. The zero-order valence-electron chi connectivity index (χ0n) is 11.9. The average molecular weight is 316 g/mol. The average Bonchev–Trinajstić information content (AvgIpc) is 2.41. The van der Waals surface area contributed by atoms with Gasteiger partial charge in [0.25, 0.3) is 0 Å². The van der Waals surface area contributed by atoms with Crippen molar-refractivity contribution < 1.29 is 13.2 Å². The van der Waals surface area contributed by atoms with Crippen molar-refractivity contribution in [3.05, 3.63) is 18.2 Å². The molecule has 1 fully saturated rings. The number of thioether (sulfide) groups is 1. The predicted octanol–water partition coefficient (Wildman–Crippen LogP) is 1.79. The summed E-state index contributed by atoms with van der Waals surface area (Å²) in [5.74, 6) is 1.13. The SMILES string of the molecule is COc1ccc(N)cc1S(=O)(=O)N1CCSC(C)C1C. The molecule has 7 heteroatoms. The summed E-state index contributed by atoms with van der Waals surface area (Å²) in [6.45, 7) is 4.50. The van der Waals surface area contributed by atoms with Crippen LogP contribution in [-0.4, -0.2) is 43.4 Å². The van der Waals surface area contributed by atoms with Crippen molar-refractivity contribution >= 4 is 27.5 Å². The van der Waals surface area contributed by atoms with Gasteiger partial charge in [0, 0.05) is 29.3 Å². The van der Waals surface area contributed by atoms with Gasteiger partial charge in [0.15, 0.2) is 0 Å². The highest BCUT2D eigenvalue weighted by molar-refractivity contribution is 8.00.